The number of nitrogens with one attached hydrogen (secondary N) is 1. The van der Waals surface area contributed by atoms with Crippen LogP contribution in [0.4, 0.5) is 17.6 Å². The first-order valence-electron chi connectivity index (χ1n) is 6.57. The van der Waals surface area contributed by atoms with Gasteiger partial charge in [0.2, 0.25) is 0 Å². The molecule has 120 valence electrons. The highest BCUT2D eigenvalue weighted by molar-refractivity contribution is 5.16. The quantitative estimate of drug-likeness (QED) is 0.725. The monoisotopic (exact) mass is 309 g/mol. The maximum atomic E-state index is 13.3. The van der Waals surface area contributed by atoms with E-state index >= 15 is 0 Å². The molecular formula is C14H19F4NO2. The molecule has 0 saturated heterocycles. The highest BCUT2D eigenvalue weighted by atomic mass is 19.4. The van der Waals surface area contributed by atoms with Gasteiger partial charge in [-0.15, -0.1) is 0 Å². The van der Waals surface area contributed by atoms with Crippen molar-refractivity contribution in [2.45, 2.75) is 38.3 Å². The number of hydrogen-bond acceptors (Lipinski definition) is 3. The first kappa shape index (κ1) is 17.9. The lowest BCUT2D eigenvalue weighted by molar-refractivity contribution is -0.139. The summed E-state index contributed by atoms with van der Waals surface area (Å²) in [6.07, 6.45) is -6.15. The van der Waals surface area contributed by atoms with Gasteiger partial charge in [0.25, 0.3) is 0 Å². The second-order valence-electron chi connectivity index (χ2n) is 4.89. The minimum Gasteiger partial charge on any atom is -0.389 e. The Hall–Kier alpha value is -1.18. The Balaban J connectivity index is 2.20. The standard InChI is InChI=1S/C14H19F4NO2/c1-10(6-14(16,17)18)19-7-12(20)9-21-8-11-4-2-3-5-13(11)15/h2-5,10,12,19-20H,6-9H2,1H3. The second kappa shape index (κ2) is 8.31. The van der Waals surface area contributed by atoms with E-state index in [1.165, 1.54) is 13.0 Å². The fourth-order valence-corrected chi connectivity index (χ4v) is 1.74. The van der Waals surface area contributed by atoms with Crippen molar-refractivity contribution in [1.82, 2.24) is 5.32 Å². The molecule has 0 bridgehead atoms. The van der Waals surface area contributed by atoms with Gasteiger partial charge in [-0.25, -0.2) is 4.39 Å². The minimum atomic E-state index is -4.24. The van der Waals surface area contributed by atoms with Crippen molar-refractivity contribution in [3.8, 4) is 0 Å². The number of hydrogen-bond donors (Lipinski definition) is 2. The lowest BCUT2D eigenvalue weighted by Gasteiger charge is -2.18. The average Bonchev–Trinajstić information content (AvgIpc) is 2.37. The van der Waals surface area contributed by atoms with Gasteiger partial charge in [0.1, 0.15) is 5.82 Å². The largest absolute Gasteiger partial charge is 0.390 e. The SMILES string of the molecule is CC(CC(F)(F)F)NCC(O)COCc1ccccc1F. The summed E-state index contributed by atoms with van der Waals surface area (Å²) in [7, 11) is 0. The van der Waals surface area contributed by atoms with Crippen LogP contribution >= 0.6 is 0 Å². The predicted molar refractivity (Wildman–Crippen MR) is 70.2 cm³/mol. The van der Waals surface area contributed by atoms with Crippen LogP contribution in [0.25, 0.3) is 0 Å². The Morgan fingerprint density at radius 3 is 2.57 bits per heavy atom. The third kappa shape index (κ3) is 7.99. The summed E-state index contributed by atoms with van der Waals surface area (Å²) in [5.74, 6) is -0.399. The highest BCUT2D eigenvalue weighted by Gasteiger charge is 2.29. The zero-order valence-electron chi connectivity index (χ0n) is 11.7. The number of alkyl halides is 3. The van der Waals surface area contributed by atoms with Crippen molar-refractivity contribution in [3.05, 3.63) is 35.6 Å². The van der Waals surface area contributed by atoms with E-state index in [0.29, 0.717) is 5.56 Å². The zero-order valence-corrected chi connectivity index (χ0v) is 11.7. The van der Waals surface area contributed by atoms with Gasteiger partial charge in [-0.1, -0.05) is 18.2 Å². The van der Waals surface area contributed by atoms with Crippen LogP contribution in [-0.2, 0) is 11.3 Å². The van der Waals surface area contributed by atoms with Crippen molar-refractivity contribution in [1.29, 1.82) is 0 Å². The van der Waals surface area contributed by atoms with Gasteiger partial charge in [-0.3, -0.25) is 0 Å². The van der Waals surface area contributed by atoms with E-state index in [4.69, 9.17) is 4.74 Å². The first-order valence-corrected chi connectivity index (χ1v) is 6.57. The van der Waals surface area contributed by atoms with Gasteiger partial charge in [0.15, 0.2) is 0 Å². The molecule has 2 atom stereocenters. The minimum absolute atomic E-state index is 0.00182. The summed E-state index contributed by atoms with van der Waals surface area (Å²) in [6.45, 7) is 1.29. The average molecular weight is 309 g/mol. The number of halogens is 4. The third-order valence-electron chi connectivity index (χ3n) is 2.77. The number of rotatable bonds is 8. The molecule has 0 radical (unpaired) electrons. The molecule has 0 aliphatic heterocycles. The molecule has 0 aliphatic rings. The highest BCUT2D eigenvalue weighted by Crippen LogP contribution is 2.21. The molecule has 1 aromatic carbocycles. The molecule has 0 amide bonds. The molecular weight excluding hydrogens is 290 g/mol. The fraction of sp³-hybridized carbons (Fsp3) is 0.571. The van der Waals surface area contributed by atoms with E-state index in [-0.39, 0.29) is 19.8 Å². The molecule has 0 aromatic heterocycles. The lowest BCUT2D eigenvalue weighted by Crippen LogP contribution is -2.38. The van der Waals surface area contributed by atoms with E-state index in [9.17, 15) is 22.7 Å². The number of benzene rings is 1. The van der Waals surface area contributed by atoms with Crippen LogP contribution in [0.3, 0.4) is 0 Å². The smallest absolute Gasteiger partial charge is 0.389 e. The van der Waals surface area contributed by atoms with Gasteiger partial charge in [-0.2, -0.15) is 13.2 Å². The van der Waals surface area contributed by atoms with Crippen molar-refractivity contribution >= 4 is 0 Å². The summed E-state index contributed by atoms with van der Waals surface area (Å²) in [6, 6.07) is 5.30. The maximum absolute atomic E-state index is 13.3. The Kier molecular flexibility index (Phi) is 7.07. The molecule has 0 saturated carbocycles. The maximum Gasteiger partial charge on any atom is 0.390 e. The lowest BCUT2D eigenvalue weighted by atomic mass is 10.2. The molecule has 3 nitrogen and oxygen atoms in total. The Bertz CT molecular complexity index is 426. The van der Waals surface area contributed by atoms with Crippen LogP contribution in [0, 0.1) is 5.82 Å². The molecule has 1 rings (SSSR count). The normalized spacial score (nSPS) is 15.0. The van der Waals surface area contributed by atoms with Gasteiger partial charge < -0.3 is 15.2 Å². The van der Waals surface area contributed by atoms with E-state index in [2.05, 4.69) is 5.32 Å². The van der Waals surface area contributed by atoms with Crippen LogP contribution in [-0.4, -0.2) is 36.6 Å². The third-order valence-corrected chi connectivity index (χ3v) is 2.77. The molecule has 2 N–H and O–H groups in total. The van der Waals surface area contributed by atoms with E-state index in [1.807, 2.05) is 0 Å². The zero-order chi connectivity index (χ0) is 15.9. The van der Waals surface area contributed by atoms with Crippen molar-refractivity contribution in [3.63, 3.8) is 0 Å². The van der Waals surface area contributed by atoms with E-state index < -0.39 is 30.6 Å². The van der Waals surface area contributed by atoms with Crippen molar-refractivity contribution in [2.75, 3.05) is 13.2 Å². The predicted octanol–water partition coefficient (Wildman–Crippen LogP) is 2.63. The summed E-state index contributed by atoms with van der Waals surface area (Å²) >= 11 is 0. The van der Waals surface area contributed by atoms with Gasteiger partial charge >= 0.3 is 6.18 Å². The van der Waals surface area contributed by atoms with Gasteiger partial charge in [0.05, 0.1) is 25.7 Å². The Morgan fingerprint density at radius 1 is 1.29 bits per heavy atom. The second-order valence-corrected chi connectivity index (χ2v) is 4.89. The fourth-order valence-electron chi connectivity index (χ4n) is 1.74. The Labute approximate surface area is 120 Å². The summed E-state index contributed by atoms with van der Waals surface area (Å²) in [5.41, 5.74) is 0.364. The number of aliphatic hydroxyl groups excluding tert-OH is 1. The number of ether oxygens (including phenoxy) is 1. The van der Waals surface area contributed by atoms with Gasteiger partial charge in [0, 0.05) is 18.2 Å². The topological polar surface area (TPSA) is 41.5 Å². The van der Waals surface area contributed by atoms with Crippen LogP contribution in [0.2, 0.25) is 0 Å². The van der Waals surface area contributed by atoms with E-state index in [1.54, 1.807) is 18.2 Å². The first-order chi connectivity index (χ1) is 9.78. The van der Waals surface area contributed by atoms with Crippen LogP contribution in [0.15, 0.2) is 24.3 Å². The molecule has 2 unspecified atom stereocenters. The van der Waals surface area contributed by atoms with Crippen molar-refractivity contribution < 1.29 is 27.4 Å². The number of aliphatic hydroxyl groups is 1. The molecule has 0 aliphatic carbocycles. The van der Waals surface area contributed by atoms with Crippen LogP contribution in [0.1, 0.15) is 18.9 Å². The molecule has 0 fully saturated rings. The molecule has 1 aromatic rings. The van der Waals surface area contributed by atoms with Crippen LogP contribution < -0.4 is 5.32 Å². The summed E-state index contributed by atoms with van der Waals surface area (Å²) < 4.78 is 54.7. The molecule has 7 heteroatoms. The molecule has 0 spiro atoms. The van der Waals surface area contributed by atoms with Crippen LogP contribution in [0.5, 0.6) is 0 Å². The molecule has 0 heterocycles. The summed E-state index contributed by atoms with van der Waals surface area (Å²) in [5, 5.41) is 12.2. The summed E-state index contributed by atoms with van der Waals surface area (Å²) in [4.78, 5) is 0. The van der Waals surface area contributed by atoms with Gasteiger partial charge in [-0.05, 0) is 13.0 Å². The van der Waals surface area contributed by atoms with E-state index in [0.717, 1.165) is 0 Å². The molecule has 21 heavy (non-hydrogen) atoms. The Morgan fingerprint density at radius 2 is 1.95 bits per heavy atom. The van der Waals surface area contributed by atoms with Crippen molar-refractivity contribution in [2.24, 2.45) is 0 Å².